The van der Waals surface area contributed by atoms with Crippen LogP contribution in [0, 0.1) is 13.8 Å². The van der Waals surface area contributed by atoms with Crippen LogP contribution in [0.4, 0.5) is 43.9 Å². The van der Waals surface area contributed by atoms with E-state index in [4.69, 9.17) is 11.6 Å². The summed E-state index contributed by atoms with van der Waals surface area (Å²) in [6.07, 6.45) is -16.7. The van der Waals surface area contributed by atoms with E-state index in [0.717, 1.165) is 19.2 Å². The van der Waals surface area contributed by atoms with Gasteiger partial charge in [-0.2, -0.15) is 39.5 Å². The Labute approximate surface area is 227 Å². The Hall–Kier alpha value is -3.09. The molecule has 2 rings (SSSR count). The number of aryl methyl sites for hydroxylation is 2. The monoisotopic (exact) mass is 605 g/mol. The van der Waals surface area contributed by atoms with Gasteiger partial charge in [0.1, 0.15) is 18.3 Å². The van der Waals surface area contributed by atoms with Crippen molar-refractivity contribution in [3.8, 4) is 0 Å². The minimum Gasteiger partial charge on any atom is -0.337 e. The van der Waals surface area contributed by atoms with Gasteiger partial charge in [-0.1, -0.05) is 35.9 Å². The Kier molecular flexibility index (Phi) is 10.1. The fraction of sp³-hybridized carbons (Fsp3) is 0.385. The molecular formula is C26H22ClF10NO2. The lowest BCUT2D eigenvalue weighted by atomic mass is 9.92. The molecule has 1 unspecified atom stereocenters. The summed E-state index contributed by atoms with van der Waals surface area (Å²) in [6, 6.07) is 3.51. The normalized spacial score (nSPS) is 13.8. The lowest BCUT2D eigenvalue weighted by Gasteiger charge is -2.20. The molecule has 14 heteroatoms. The van der Waals surface area contributed by atoms with Crippen LogP contribution >= 0.6 is 11.6 Å². The number of nitrogens with zero attached hydrogens (tertiary/aromatic N) is 1. The van der Waals surface area contributed by atoms with Gasteiger partial charge in [-0.25, -0.2) is 4.39 Å². The van der Waals surface area contributed by atoms with Gasteiger partial charge in [0.25, 0.3) is 0 Å². The largest absolute Gasteiger partial charge is 0.417 e. The molecule has 0 saturated carbocycles. The van der Waals surface area contributed by atoms with Crippen molar-refractivity contribution in [3.05, 3.63) is 74.8 Å². The van der Waals surface area contributed by atoms with Crippen molar-refractivity contribution in [1.82, 2.24) is 4.90 Å². The molecule has 40 heavy (non-hydrogen) atoms. The van der Waals surface area contributed by atoms with E-state index in [9.17, 15) is 49.1 Å². The maximum atomic E-state index is 15.0. The topological polar surface area (TPSA) is 37.4 Å². The van der Waals surface area contributed by atoms with E-state index in [1.807, 2.05) is 0 Å². The van der Waals surface area contributed by atoms with Crippen molar-refractivity contribution in [2.75, 3.05) is 13.6 Å². The number of rotatable bonds is 8. The number of Topliss-reactive ketones (excluding diaryl/α,β-unsaturated/α-hetero) is 1. The summed E-state index contributed by atoms with van der Waals surface area (Å²) in [5, 5.41) is 0.192. The Morgan fingerprint density at radius 2 is 1.48 bits per heavy atom. The minimum absolute atomic E-state index is 0.105. The molecule has 0 aliphatic carbocycles. The number of carbonyl (C=O) groups excluding carboxylic acids is 2. The van der Waals surface area contributed by atoms with Crippen LogP contribution in [0.15, 0.2) is 36.4 Å². The summed E-state index contributed by atoms with van der Waals surface area (Å²) in [5.41, 5.74) is -3.47. The summed E-state index contributed by atoms with van der Waals surface area (Å²) >= 11 is 5.98. The highest BCUT2D eigenvalue weighted by Crippen LogP contribution is 2.41. The first-order valence-corrected chi connectivity index (χ1v) is 11.8. The highest BCUT2D eigenvalue weighted by atomic mass is 35.5. The molecule has 0 heterocycles. The predicted octanol–water partition coefficient (Wildman–Crippen LogP) is 8.62. The average molecular weight is 606 g/mol. The molecule has 1 amide bonds. The first-order chi connectivity index (χ1) is 18.1. The molecule has 3 nitrogen and oxygen atoms in total. The van der Waals surface area contributed by atoms with Crippen molar-refractivity contribution >= 4 is 29.1 Å². The summed E-state index contributed by atoms with van der Waals surface area (Å²) in [4.78, 5) is 24.5. The van der Waals surface area contributed by atoms with Gasteiger partial charge in [-0.3, -0.25) is 9.59 Å². The molecule has 0 radical (unpaired) electrons. The Morgan fingerprint density at radius 3 is 1.95 bits per heavy atom. The zero-order valence-electron chi connectivity index (χ0n) is 21.1. The van der Waals surface area contributed by atoms with Gasteiger partial charge in [0.05, 0.1) is 5.56 Å². The number of hydrogen-bond acceptors (Lipinski definition) is 2. The van der Waals surface area contributed by atoms with Crippen molar-refractivity contribution in [3.63, 3.8) is 0 Å². The molecule has 1 atom stereocenters. The van der Waals surface area contributed by atoms with E-state index >= 15 is 4.39 Å². The van der Waals surface area contributed by atoms with Crippen LogP contribution in [0.2, 0.25) is 5.02 Å². The molecule has 0 bridgehead atoms. The van der Waals surface area contributed by atoms with Crippen LogP contribution in [0.5, 0.6) is 0 Å². The molecule has 0 fully saturated rings. The average Bonchev–Trinajstić information content (AvgIpc) is 2.80. The van der Waals surface area contributed by atoms with Crippen molar-refractivity contribution < 1.29 is 53.5 Å². The molecular weight excluding hydrogens is 584 g/mol. The molecule has 0 N–H and O–H groups in total. The van der Waals surface area contributed by atoms with E-state index in [1.165, 1.54) is 13.8 Å². The van der Waals surface area contributed by atoms with Gasteiger partial charge in [0, 0.05) is 36.0 Å². The molecule has 0 aliphatic rings. The molecule has 0 aliphatic heterocycles. The SMILES string of the molecule is Cc1cc(C(/C=C(\F)c2ccc(C(=O)CCC(=O)N(C)CC(F)(F)F)c(C(F)(F)F)c2)C(F)(F)F)cc(C)c1Cl. The molecule has 2 aromatic rings. The van der Waals surface area contributed by atoms with Crippen LogP contribution in [-0.4, -0.2) is 42.5 Å². The van der Waals surface area contributed by atoms with Crippen LogP contribution < -0.4 is 0 Å². The number of hydrogen-bond donors (Lipinski definition) is 0. The fourth-order valence-electron chi connectivity index (χ4n) is 3.85. The van der Waals surface area contributed by atoms with Gasteiger partial charge >= 0.3 is 18.5 Å². The van der Waals surface area contributed by atoms with E-state index in [2.05, 4.69) is 0 Å². The lowest BCUT2D eigenvalue weighted by Crippen LogP contribution is -2.35. The molecule has 2 aromatic carbocycles. The van der Waals surface area contributed by atoms with Crippen molar-refractivity contribution in [1.29, 1.82) is 0 Å². The lowest BCUT2D eigenvalue weighted by molar-refractivity contribution is -0.158. The maximum absolute atomic E-state index is 15.0. The third-order valence-corrected chi connectivity index (χ3v) is 6.39. The quantitative estimate of drug-likeness (QED) is 0.223. The fourth-order valence-corrected chi connectivity index (χ4v) is 3.96. The smallest absolute Gasteiger partial charge is 0.337 e. The van der Waals surface area contributed by atoms with Crippen molar-refractivity contribution in [2.24, 2.45) is 0 Å². The Bertz CT molecular complexity index is 1270. The zero-order valence-corrected chi connectivity index (χ0v) is 21.8. The number of amides is 1. The van der Waals surface area contributed by atoms with Crippen LogP contribution in [-0.2, 0) is 11.0 Å². The van der Waals surface area contributed by atoms with Crippen molar-refractivity contribution in [2.45, 2.75) is 51.1 Å². The third-order valence-electron chi connectivity index (χ3n) is 5.79. The second kappa shape index (κ2) is 12.2. The van der Waals surface area contributed by atoms with E-state index in [1.54, 1.807) is 0 Å². The molecule has 220 valence electrons. The molecule has 0 spiro atoms. The number of carbonyl (C=O) groups is 2. The van der Waals surface area contributed by atoms with Gasteiger partial charge in [-0.15, -0.1) is 0 Å². The van der Waals surface area contributed by atoms with Crippen LogP contribution in [0.3, 0.4) is 0 Å². The van der Waals surface area contributed by atoms with E-state index in [0.29, 0.717) is 12.1 Å². The summed E-state index contributed by atoms with van der Waals surface area (Å²) in [7, 11) is 0.798. The Balaban J connectivity index is 2.42. The molecule has 0 saturated heterocycles. The third kappa shape index (κ3) is 8.70. The van der Waals surface area contributed by atoms with Gasteiger partial charge in [0.2, 0.25) is 5.91 Å². The highest BCUT2D eigenvalue weighted by Gasteiger charge is 2.41. The second-order valence-corrected chi connectivity index (χ2v) is 9.43. The Morgan fingerprint density at radius 1 is 0.925 bits per heavy atom. The second-order valence-electron chi connectivity index (χ2n) is 9.05. The van der Waals surface area contributed by atoms with E-state index < -0.39 is 83.6 Å². The summed E-state index contributed by atoms with van der Waals surface area (Å²) in [5.74, 6) is -6.63. The minimum atomic E-state index is -5.26. The van der Waals surface area contributed by atoms with Crippen LogP contribution in [0.25, 0.3) is 5.83 Å². The van der Waals surface area contributed by atoms with E-state index in [-0.39, 0.29) is 33.2 Å². The number of benzene rings is 2. The van der Waals surface area contributed by atoms with Crippen LogP contribution in [0.1, 0.15) is 56.9 Å². The van der Waals surface area contributed by atoms with Gasteiger partial charge in [0.15, 0.2) is 5.78 Å². The number of alkyl halides is 9. The highest BCUT2D eigenvalue weighted by molar-refractivity contribution is 6.32. The number of ketones is 1. The first-order valence-electron chi connectivity index (χ1n) is 11.4. The first kappa shape index (κ1) is 33.1. The van der Waals surface area contributed by atoms with Gasteiger partial charge < -0.3 is 4.90 Å². The summed E-state index contributed by atoms with van der Waals surface area (Å²) < 4.78 is 135. The number of allylic oxidation sites excluding steroid dienone is 1. The standard InChI is InChI=1S/C26H22ClF10NO2/c1-13-8-16(9-14(2)23(13)27)18(25(32,33)34)11-20(28)15-4-5-17(19(10-15)26(35,36)37)21(39)6-7-22(40)38(3)12-24(29,30)31/h4-5,8-11,18H,6-7,12H2,1-3H3/b20-11-. The maximum Gasteiger partial charge on any atom is 0.417 e. The predicted molar refractivity (Wildman–Crippen MR) is 128 cm³/mol. The van der Waals surface area contributed by atoms with Gasteiger partial charge in [-0.05, 0) is 42.7 Å². The number of halogens is 11. The zero-order chi connectivity index (χ0) is 30.8. The summed E-state index contributed by atoms with van der Waals surface area (Å²) in [6.45, 7) is 1.22. The molecule has 0 aromatic heterocycles.